The molecule has 1 N–H and O–H groups in total. The van der Waals surface area contributed by atoms with Crippen LogP contribution >= 0.6 is 12.4 Å². The van der Waals surface area contributed by atoms with Crippen molar-refractivity contribution in [2.45, 2.75) is 18.9 Å². The topological polar surface area (TPSA) is 21.3 Å². The van der Waals surface area contributed by atoms with Crippen LogP contribution in [0, 0.1) is 0 Å². The molecule has 2 aromatic rings. The third-order valence-electron chi connectivity index (χ3n) is 4.05. The zero-order valence-corrected chi connectivity index (χ0v) is 13.2. The molecule has 3 rings (SSSR count). The van der Waals surface area contributed by atoms with Crippen LogP contribution in [0.3, 0.4) is 0 Å². The summed E-state index contributed by atoms with van der Waals surface area (Å²) in [6, 6.07) is 17.8. The van der Waals surface area contributed by atoms with Crippen LogP contribution in [-0.4, -0.2) is 20.3 Å². The number of hydrogen-bond acceptors (Lipinski definition) is 2. The molecule has 0 aromatic heterocycles. The molecule has 1 aliphatic rings. The molecule has 0 saturated heterocycles. The number of nitrogens with one attached hydrogen (secondary N) is 1. The third-order valence-corrected chi connectivity index (χ3v) is 4.05. The molecule has 2 nitrogen and oxygen atoms in total. The zero-order valence-electron chi connectivity index (χ0n) is 12.3. The lowest BCUT2D eigenvalue weighted by Crippen LogP contribution is -2.26. The van der Waals surface area contributed by atoms with Crippen molar-refractivity contribution in [3.05, 3.63) is 70.8 Å². The number of aryl methyl sites for hydroxylation is 2. The van der Waals surface area contributed by atoms with E-state index in [0.29, 0.717) is 0 Å². The lowest BCUT2D eigenvalue weighted by atomic mass is 9.95. The first-order valence-electron chi connectivity index (χ1n) is 7.28. The van der Waals surface area contributed by atoms with Gasteiger partial charge in [0.15, 0.2) is 0 Å². The Morgan fingerprint density at radius 1 is 0.952 bits per heavy atom. The van der Waals surface area contributed by atoms with Crippen molar-refractivity contribution >= 4 is 12.4 Å². The van der Waals surface area contributed by atoms with Gasteiger partial charge in [-0.3, -0.25) is 0 Å². The van der Waals surface area contributed by atoms with E-state index in [1.807, 2.05) is 0 Å². The minimum atomic E-state index is 0. The highest BCUT2D eigenvalue weighted by molar-refractivity contribution is 5.85. The van der Waals surface area contributed by atoms with Crippen LogP contribution in [0.5, 0.6) is 0 Å². The van der Waals surface area contributed by atoms with Crippen LogP contribution < -0.4 is 5.32 Å². The van der Waals surface area contributed by atoms with Crippen molar-refractivity contribution in [3.8, 4) is 0 Å². The largest absolute Gasteiger partial charge is 0.383 e. The van der Waals surface area contributed by atoms with Gasteiger partial charge in [0.2, 0.25) is 0 Å². The Bertz CT molecular complexity index is 537. The molecule has 21 heavy (non-hydrogen) atoms. The number of hydrogen-bond donors (Lipinski definition) is 1. The molecule has 0 heterocycles. The van der Waals surface area contributed by atoms with Gasteiger partial charge in [0.05, 0.1) is 12.6 Å². The summed E-state index contributed by atoms with van der Waals surface area (Å²) >= 11 is 0. The van der Waals surface area contributed by atoms with E-state index >= 15 is 0 Å². The molecule has 0 atom stereocenters. The van der Waals surface area contributed by atoms with E-state index in [0.717, 1.165) is 26.0 Å². The summed E-state index contributed by atoms with van der Waals surface area (Å²) in [5.41, 5.74) is 5.74. The summed E-state index contributed by atoms with van der Waals surface area (Å²) in [6.07, 6.45) is 2.24. The minimum absolute atomic E-state index is 0. The zero-order chi connectivity index (χ0) is 13.8. The normalized spacial score (nSPS) is 13.8. The van der Waals surface area contributed by atoms with Gasteiger partial charge in [-0.25, -0.2) is 0 Å². The van der Waals surface area contributed by atoms with Crippen LogP contribution in [0.15, 0.2) is 48.5 Å². The quantitative estimate of drug-likeness (QED) is 0.873. The maximum absolute atomic E-state index is 5.18. The van der Waals surface area contributed by atoms with Crippen molar-refractivity contribution < 1.29 is 4.74 Å². The molecule has 0 bridgehead atoms. The van der Waals surface area contributed by atoms with Gasteiger partial charge in [-0.15, -0.1) is 12.4 Å². The fourth-order valence-corrected chi connectivity index (χ4v) is 3.05. The van der Waals surface area contributed by atoms with E-state index in [4.69, 9.17) is 4.74 Å². The van der Waals surface area contributed by atoms with E-state index in [1.165, 1.54) is 22.3 Å². The summed E-state index contributed by atoms with van der Waals surface area (Å²) in [5.74, 6) is 0. The van der Waals surface area contributed by atoms with E-state index in [2.05, 4.69) is 53.8 Å². The highest BCUT2D eigenvalue weighted by atomic mass is 35.5. The number of benzene rings is 2. The predicted molar refractivity (Wildman–Crippen MR) is 89.3 cm³/mol. The second-order valence-electron chi connectivity index (χ2n) is 5.28. The molecule has 1 aliphatic carbocycles. The van der Waals surface area contributed by atoms with Crippen LogP contribution in [0.1, 0.15) is 28.3 Å². The first kappa shape index (κ1) is 16.0. The summed E-state index contributed by atoms with van der Waals surface area (Å²) in [4.78, 5) is 0. The maximum Gasteiger partial charge on any atom is 0.0587 e. The molecule has 0 unspecified atom stereocenters. The van der Waals surface area contributed by atoms with Crippen molar-refractivity contribution in [3.63, 3.8) is 0 Å². The molecule has 0 radical (unpaired) electrons. The smallest absolute Gasteiger partial charge is 0.0587 e. The Balaban J connectivity index is 0.00000161. The highest BCUT2D eigenvalue weighted by Gasteiger charge is 2.22. The van der Waals surface area contributed by atoms with E-state index in [9.17, 15) is 0 Å². The second kappa shape index (κ2) is 7.60. The number of fused-ring (bicyclic) bond motifs is 2. The van der Waals surface area contributed by atoms with Crippen molar-refractivity contribution in [2.75, 3.05) is 20.3 Å². The minimum Gasteiger partial charge on any atom is -0.383 e. The molecule has 0 fully saturated rings. The van der Waals surface area contributed by atoms with Gasteiger partial charge in [0, 0.05) is 13.7 Å². The van der Waals surface area contributed by atoms with Crippen LogP contribution in [0.4, 0.5) is 0 Å². The molecule has 0 spiro atoms. The lowest BCUT2D eigenvalue weighted by Gasteiger charge is -2.21. The molecule has 0 saturated carbocycles. The molecule has 0 aliphatic heterocycles. The first-order valence-corrected chi connectivity index (χ1v) is 7.28. The van der Waals surface area contributed by atoms with Crippen LogP contribution in [0.25, 0.3) is 0 Å². The van der Waals surface area contributed by atoms with Gasteiger partial charge in [-0.1, -0.05) is 48.5 Å². The predicted octanol–water partition coefficient (Wildman–Crippen LogP) is 3.53. The Labute approximate surface area is 132 Å². The number of ether oxygens (including phenoxy) is 1. The summed E-state index contributed by atoms with van der Waals surface area (Å²) in [5, 5.41) is 3.65. The third kappa shape index (κ3) is 3.46. The lowest BCUT2D eigenvalue weighted by molar-refractivity contribution is 0.197. The Hall–Kier alpha value is -1.35. The van der Waals surface area contributed by atoms with Crippen LogP contribution in [0.2, 0.25) is 0 Å². The van der Waals surface area contributed by atoms with Gasteiger partial charge in [0.25, 0.3) is 0 Å². The Kier molecular flexibility index (Phi) is 5.80. The molecule has 0 amide bonds. The summed E-state index contributed by atoms with van der Waals surface area (Å²) in [7, 11) is 1.75. The summed E-state index contributed by atoms with van der Waals surface area (Å²) in [6.45, 7) is 1.60. The molecule has 2 aromatic carbocycles. The van der Waals surface area contributed by atoms with Crippen molar-refractivity contribution in [1.82, 2.24) is 5.32 Å². The van der Waals surface area contributed by atoms with E-state index in [1.54, 1.807) is 7.11 Å². The molecular weight excluding hydrogens is 282 g/mol. The Morgan fingerprint density at radius 2 is 1.48 bits per heavy atom. The monoisotopic (exact) mass is 303 g/mol. The average Bonchev–Trinajstić information content (AvgIpc) is 2.66. The molecule has 112 valence electrons. The Morgan fingerprint density at radius 3 is 2.00 bits per heavy atom. The van der Waals surface area contributed by atoms with E-state index in [-0.39, 0.29) is 18.4 Å². The SMILES string of the molecule is COCCNC1c2ccccc2CCc2ccccc21.Cl. The number of methoxy groups -OCH3 is 1. The van der Waals surface area contributed by atoms with E-state index < -0.39 is 0 Å². The van der Waals surface area contributed by atoms with Gasteiger partial charge >= 0.3 is 0 Å². The van der Waals surface area contributed by atoms with Gasteiger partial charge in [-0.05, 0) is 35.1 Å². The summed E-state index contributed by atoms with van der Waals surface area (Å²) < 4.78 is 5.18. The first-order chi connectivity index (χ1) is 9.90. The highest BCUT2D eigenvalue weighted by Crippen LogP contribution is 2.32. The van der Waals surface area contributed by atoms with Crippen LogP contribution in [-0.2, 0) is 17.6 Å². The fraction of sp³-hybridized carbons (Fsp3) is 0.333. The second-order valence-corrected chi connectivity index (χ2v) is 5.28. The maximum atomic E-state index is 5.18. The average molecular weight is 304 g/mol. The van der Waals surface area contributed by atoms with Gasteiger partial charge in [-0.2, -0.15) is 0 Å². The van der Waals surface area contributed by atoms with Gasteiger partial charge < -0.3 is 10.1 Å². The molecule has 3 heteroatoms. The molecular formula is C18H22ClNO. The number of rotatable bonds is 4. The fourth-order valence-electron chi connectivity index (χ4n) is 3.05. The van der Waals surface area contributed by atoms with Gasteiger partial charge in [0.1, 0.15) is 0 Å². The number of halogens is 1. The van der Waals surface area contributed by atoms with Crippen molar-refractivity contribution in [1.29, 1.82) is 0 Å². The van der Waals surface area contributed by atoms with Crippen molar-refractivity contribution in [2.24, 2.45) is 0 Å². The standard InChI is InChI=1S/C18H21NO.ClH/c1-20-13-12-19-18-16-8-4-2-6-14(16)10-11-15-7-3-5-9-17(15)18;/h2-9,18-19H,10-13H2,1H3;1H.